The topological polar surface area (TPSA) is 3.24 Å². The molecule has 0 bridgehead atoms. The lowest BCUT2D eigenvalue weighted by molar-refractivity contribution is -0.0515. The van der Waals surface area contributed by atoms with Gasteiger partial charge in [0, 0.05) is 11.1 Å². The lowest BCUT2D eigenvalue weighted by Gasteiger charge is -2.55. The summed E-state index contributed by atoms with van der Waals surface area (Å²) in [5.74, 6) is 0. The first kappa shape index (κ1) is 13.0. The predicted octanol–water partition coefficient (Wildman–Crippen LogP) is 4.08. The third-order valence-corrected chi connectivity index (χ3v) is 4.19. The highest BCUT2D eigenvalue weighted by Gasteiger charge is 2.43. The van der Waals surface area contributed by atoms with E-state index in [-0.39, 0.29) is 0 Å². The lowest BCUT2D eigenvalue weighted by atomic mass is 9.69. The third-order valence-electron chi connectivity index (χ3n) is 4.19. The van der Waals surface area contributed by atoms with E-state index >= 15 is 0 Å². The zero-order valence-corrected chi connectivity index (χ0v) is 11.8. The minimum atomic E-state index is 0.304. The molecular formula is C14H29N. The molecule has 0 radical (unpaired) electrons. The first-order chi connectivity index (χ1) is 6.61. The van der Waals surface area contributed by atoms with Gasteiger partial charge in [0.2, 0.25) is 0 Å². The van der Waals surface area contributed by atoms with Crippen molar-refractivity contribution >= 4 is 0 Å². The average Bonchev–Trinajstić information content (AvgIpc) is 1.99. The van der Waals surface area contributed by atoms with E-state index in [4.69, 9.17) is 0 Å². The Hall–Kier alpha value is -0.0400. The fraction of sp³-hybridized carbons (Fsp3) is 1.00. The van der Waals surface area contributed by atoms with Gasteiger partial charge >= 0.3 is 0 Å². The Morgan fingerprint density at radius 3 is 2.00 bits per heavy atom. The van der Waals surface area contributed by atoms with E-state index in [0.717, 1.165) is 0 Å². The Bertz CT molecular complexity index is 224. The van der Waals surface area contributed by atoms with Crippen LogP contribution in [0.1, 0.15) is 67.7 Å². The molecule has 1 heterocycles. The number of hydrogen-bond donors (Lipinski definition) is 0. The first-order valence-electron chi connectivity index (χ1n) is 6.38. The summed E-state index contributed by atoms with van der Waals surface area (Å²) in [6, 6.07) is 0. The van der Waals surface area contributed by atoms with Crippen molar-refractivity contribution in [3.8, 4) is 0 Å². The Labute approximate surface area is 96.2 Å². The van der Waals surface area contributed by atoms with Crippen molar-refractivity contribution in [3.63, 3.8) is 0 Å². The van der Waals surface area contributed by atoms with Gasteiger partial charge in [-0.25, -0.2) is 0 Å². The fourth-order valence-corrected chi connectivity index (χ4v) is 3.46. The van der Waals surface area contributed by atoms with Gasteiger partial charge in [-0.1, -0.05) is 20.3 Å². The molecule has 0 saturated carbocycles. The van der Waals surface area contributed by atoms with Crippen molar-refractivity contribution in [3.05, 3.63) is 0 Å². The number of hydrogen-bond acceptors (Lipinski definition) is 1. The van der Waals surface area contributed by atoms with Crippen LogP contribution in [0.2, 0.25) is 0 Å². The van der Waals surface area contributed by atoms with Crippen molar-refractivity contribution in [2.45, 2.75) is 78.8 Å². The Kier molecular flexibility index (Phi) is 3.27. The molecule has 0 aliphatic carbocycles. The van der Waals surface area contributed by atoms with Gasteiger partial charge in [0.1, 0.15) is 0 Å². The summed E-state index contributed by atoms with van der Waals surface area (Å²) in [4.78, 5) is 2.68. The zero-order valence-electron chi connectivity index (χ0n) is 11.8. The van der Waals surface area contributed by atoms with Gasteiger partial charge in [0.25, 0.3) is 0 Å². The van der Waals surface area contributed by atoms with E-state index in [9.17, 15) is 0 Å². The van der Waals surface area contributed by atoms with Crippen LogP contribution in [-0.4, -0.2) is 22.5 Å². The lowest BCUT2D eigenvalue weighted by Crippen LogP contribution is -2.59. The number of rotatable bonds is 1. The van der Waals surface area contributed by atoms with Gasteiger partial charge in [0.15, 0.2) is 0 Å². The van der Waals surface area contributed by atoms with Crippen LogP contribution in [0.15, 0.2) is 0 Å². The van der Waals surface area contributed by atoms with Gasteiger partial charge in [0.05, 0.1) is 0 Å². The van der Waals surface area contributed by atoms with Crippen molar-refractivity contribution in [2.24, 2.45) is 5.41 Å². The molecule has 1 rings (SSSR count). The second-order valence-electron chi connectivity index (χ2n) is 7.23. The zero-order chi connectivity index (χ0) is 11.9. The maximum absolute atomic E-state index is 2.68. The average molecular weight is 211 g/mol. The molecule has 0 amide bonds. The summed E-state index contributed by atoms with van der Waals surface area (Å²) in [6.07, 6.45) is 3.99. The summed E-state index contributed by atoms with van der Waals surface area (Å²) in [5.41, 5.74) is 1.21. The maximum Gasteiger partial charge on any atom is 0.0163 e. The molecule has 1 saturated heterocycles. The Morgan fingerprint density at radius 2 is 1.67 bits per heavy atom. The molecule has 90 valence electrons. The number of likely N-dealkylation sites (tertiary alicyclic amines) is 1. The van der Waals surface area contributed by atoms with Gasteiger partial charge in [-0.3, -0.25) is 4.90 Å². The van der Waals surface area contributed by atoms with Gasteiger partial charge in [-0.2, -0.15) is 0 Å². The van der Waals surface area contributed by atoms with Crippen molar-refractivity contribution in [2.75, 3.05) is 6.54 Å². The molecule has 0 aromatic heterocycles. The molecule has 1 fully saturated rings. The van der Waals surface area contributed by atoms with Crippen LogP contribution in [0.5, 0.6) is 0 Å². The van der Waals surface area contributed by atoms with E-state index in [1.54, 1.807) is 0 Å². The molecule has 0 aromatic rings. The maximum atomic E-state index is 2.68. The smallest absolute Gasteiger partial charge is 0.0163 e. The van der Waals surface area contributed by atoms with Crippen LogP contribution in [-0.2, 0) is 0 Å². The van der Waals surface area contributed by atoms with Crippen molar-refractivity contribution in [1.29, 1.82) is 0 Å². The molecule has 15 heavy (non-hydrogen) atoms. The SMILES string of the molecule is CCC1(C)CCN(C(C)(C)C)C(C)(C)C1. The van der Waals surface area contributed by atoms with Gasteiger partial charge in [-0.15, -0.1) is 0 Å². The highest BCUT2D eigenvalue weighted by Crippen LogP contribution is 2.44. The Morgan fingerprint density at radius 1 is 1.13 bits per heavy atom. The summed E-state index contributed by atoms with van der Waals surface area (Å²) in [7, 11) is 0. The van der Waals surface area contributed by atoms with E-state index in [1.807, 2.05) is 0 Å². The molecule has 1 nitrogen and oxygen atoms in total. The minimum absolute atomic E-state index is 0.304. The van der Waals surface area contributed by atoms with E-state index in [0.29, 0.717) is 16.5 Å². The summed E-state index contributed by atoms with van der Waals surface area (Å²) < 4.78 is 0. The van der Waals surface area contributed by atoms with Gasteiger partial charge in [-0.05, 0) is 59.4 Å². The molecular weight excluding hydrogens is 182 g/mol. The molecule has 0 spiro atoms. The monoisotopic (exact) mass is 211 g/mol. The van der Waals surface area contributed by atoms with Crippen LogP contribution >= 0.6 is 0 Å². The first-order valence-corrected chi connectivity index (χ1v) is 6.38. The second-order valence-corrected chi connectivity index (χ2v) is 7.23. The quantitative estimate of drug-likeness (QED) is 0.632. The highest BCUT2D eigenvalue weighted by atomic mass is 15.3. The second kappa shape index (κ2) is 3.76. The van der Waals surface area contributed by atoms with Crippen molar-refractivity contribution in [1.82, 2.24) is 4.90 Å². The number of piperidine rings is 1. The molecule has 1 unspecified atom stereocenters. The molecule has 1 atom stereocenters. The highest BCUT2D eigenvalue weighted by molar-refractivity contribution is 4.98. The normalized spacial score (nSPS) is 33.0. The summed E-state index contributed by atoms with van der Waals surface area (Å²) >= 11 is 0. The molecule has 1 aliphatic heterocycles. The van der Waals surface area contributed by atoms with E-state index in [1.165, 1.54) is 25.8 Å². The van der Waals surface area contributed by atoms with Crippen LogP contribution in [0.4, 0.5) is 0 Å². The minimum Gasteiger partial charge on any atom is -0.293 e. The van der Waals surface area contributed by atoms with Crippen LogP contribution in [0.3, 0.4) is 0 Å². The van der Waals surface area contributed by atoms with Crippen LogP contribution in [0, 0.1) is 5.41 Å². The van der Waals surface area contributed by atoms with E-state index < -0.39 is 0 Å². The molecule has 1 heteroatoms. The molecule has 0 aromatic carbocycles. The van der Waals surface area contributed by atoms with Crippen molar-refractivity contribution < 1.29 is 0 Å². The fourth-order valence-electron chi connectivity index (χ4n) is 3.46. The largest absolute Gasteiger partial charge is 0.293 e. The number of nitrogens with zero attached hydrogens (tertiary/aromatic N) is 1. The Balaban J connectivity index is 2.84. The molecule has 1 aliphatic rings. The summed E-state index contributed by atoms with van der Waals surface area (Å²) in [6.45, 7) is 17.9. The predicted molar refractivity (Wildman–Crippen MR) is 68.2 cm³/mol. The van der Waals surface area contributed by atoms with Crippen LogP contribution in [0.25, 0.3) is 0 Å². The van der Waals surface area contributed by atoms with Crippen LogP contribution < -0.4 is 0 Å². The van der Waals surface area contributed by atoms with E-state index in [2.05, 4.69) is 53.4 Å². The summed E-state index contributed by atoms with van der Waals surface area (Å²) in [5, 5.41) is 0. The standard InChI is InChI=1S/C14H29N/c1-8-14(7)9-10-15(12(2,3)4)13(5,6)11-14/h8-11H2,1-7H3. The third kappa shape index (κ3) is 2.75. The van der Waals surface area contributed by atoms with Gasteiger partial charge < -0.3 is 0 Å². The molecule has 0 N–H and O–H groups in total.